The minimum Gasteiger partial charge on any atom is -0.462 e. The van der Waals surface area contributed by atoms with Crippen molar-refractivity contribution < 1.29 is 28.6 Å². The van der Waals surface area contributed by atoms with E-state index in [-0.39, 0.29) is 31.1 Å². The van der Waals surface area contributed by atoms with Gasteiger partial charge in [0.1, 0.15) is 13.2 Å². The summed E-state index contributed by atoms with van der Waals surface area (Å²) in [5.41, 5.74) is 0. The third-order valence-electron chi connectivity index (χ3n) is 15.0. The van der Waals surface area contributed by atoms with E-state index in [1.165, 1.54) is 205 Å². The molecule has 1 atom stereocenters. The van der Waals surface area contributed by atoms with Crippen molar-refractivity contribution in [1.29, 1.82) is 0 Å². The van der Waals surface area contributed by atoms with E-state index in [1.807, 2.05) is 0 Å². The van der Waals surface area contributed by atoms with Gasteiger partial charge in [0.25, 0.3) is 0 Å². The second-order valence-electron chi connectivity index (χ2n) is 22.7. The summed E-state index contributed by atoms with van der Waals surface area (Å²) >= 11 is 0. The number of unbranched alkanes of at least 4 members (excludes halogenated alkanes) is 41. The monoisotopic (exact) mass is 1080 g/mol. The van der Waals surface area contributed by atoms with Crippen LogP contribution >= 0.6 is 0 Å². The molecule has 77 heavy (non-hydrogen) atoms. The molecule has 0 saturated heterocycles. The highest BCUT2D eigenvalue weighted by Crippen LogP contribution is 2.18. The van der Waals surface area contributed by atoms with Crippen molar-refractivity contribution >= 4 is 17.9 Å². The van der Waals surface area contributed by atoms with Crippen molar-refractivity contribution in [2.75, 3.05) is 13.2 Å². The molecular formula is C71H128O6. The van der Waals surface area contributed by atoms with Crippen LogP contribution in [0.2, 0.25) is 0 Å². The van der Waals surface area contributed by atoms with E-state index >= 15 is 0 Å². The molecule has 0 amide bonds. The zero-order valence-electron chi connectivity index (χ0n) is 51.5. The molecule has 6 nitrogen and oxygen atoms in total. The van der Waals surface area contributed by atoms with Gasteiger partial charge in [-0.05, 0) is 77.0 Å². The molecule has 448 valence electrons. The largest absolute Gasteiger partial charge is 0.462 e. The fourth-order valence-corrected chi connectivity index (χ4v) is 9.97. The zero-order chi connectivity index (χ0) is 55.7. The lowest BCUT2D eigenvalue weighted by Crippen LogP contribution is -2.30. The second kappa shape index (κ2) is 65.6. The number of allylic oxidation sites excluding steroid dienone is 10. The first-order valence-electron chi connectivity index (χ1n) is 33.8. The minimum absolute atomic E-state index is 0.0799. The molecular weight excluding hydrogens is 949 g/mol. The van der Waals surface area contributed by atoms with Gasteiger partial charge >= 0.3 is 17.9 Å². The Morgan fingerprint density at radius 2 is 0.532 bits per heavy atom. The van der Waals surface area contributed by atoms with Crippen molar-refractivity contribution in [2.24, 2.45) is 0 Å². The lowest BCUT2D eigenvalue weighted by atomic mass is 10.0. The molecule has 0 radical (unpaired) electrons. The van der Waals surface area contributed by atoms with Gasteiger partial charge in [0.15, 0.2) is 6.10 Å². The lowest BCUT2D eigenvalue weighted by Gasteiger charge is -2.18. The van der Waals surface area contributed by atoms with E-state index < -0.39 is 6.10 Å². The fourth-order valence-electron chi connectivity index (χ4n) is 9.97. The number of esters is 3. The van der Waals surface area contributed by atoms with Crippen molar-refractivity contribution in [3.63, 3.8) is 0 Å². The second-order valence-corrected chi connectivity index (χ2v) is 22.7. The van der Waals surface area contributed by atoms with Crippen LogP contribution in [0, 0.1) is 0 Å². The van der Waals surface area contributed by atoms with E-state index in [0.717, 1.165) is 109 Å². The first-order chi connectivity index (χ1) is 38.0. The Hall–Kier alpha value is -2.89. The number of rotatable bonds is 62. The van der Waals surface area contributed by atoms with Gasteiger partial charge in [-0.15, -0.1) is 0 Å². The maximum Gasteiger partial charge on any atom is 0.306 e. The molecule has 0 saturated carbocycles. The summed E-state index contributed by atoms with van der Waals surface area (Å²) < 4.78 is 16.9. The van der Waals surface area contributed by atoms with Gasteiger partial charge in [0.05, 0.1) is 0 Å². The highest BCUT2D eigenvalue weighted by atomic mass is 16.6. The van der Waals surface area contributed by atoms with Crippen LogP contribution in [0.1, 0.15) is 355 Å². The van der Waals surface area contributed by atoms with Crippen molar-refractivity contribution in [3.05, 3.63) is 60.8 Å². The van der Waals surface area contributed by atoms with E-state index in [9.17, 15) is 14.4 Å². The van der Waals surface area contributed by atoms with Gasteiger partial charge in [0.2, 0.25) is 0 Å². The molecule has 0 bridgehead atoms. The SMILES string of the molecule is CC/C=C\C/C=C\C/C=C\C/C=C\CCCCCCCCC(=O)OC(COC(=O)CCCCCCC/C=C\CCC)COC(=O)CCCCCCCCCCCCCCCCCCCCCCCCCCCCCCCC. The standard InChI is InChI=1S/C71H128O6/c1-4-7-10-13-16-19-22-24-26-28-30-31-32-33-34-35-36-37-38-39-40-42-43-45-47-49-52-55-58-61-64-70(73)76-67-68(66-75-69(72)63-60-57-54-51-21-18-15-12-9-6-3)77-71(74)65-62-59-56-53-50-48-46-44-41-29-27-25-23-20-17-14-11-8-5-2/h8,11-12,15,17,20,25,27,41,44,68H,4-7,9-10,13-14,16,18-19,21-24,26,28-40,42-43,45-67H2,1-3H3/b11-8-,15-12-,20-17-,27-25-,44-41-. The highest BCUT2D eigenvalue weighted by molar-refractivity contribution is 5.71. The van der Waals surface area contributed by atoms with E-state index in [1.54, 1.807) is 0 Å². The summed E-state index contributed by atoms with van der Waals surface area (Å²) in [5.74, 6) is -0.888. The average molecular weight is 1080 g/mol. The van der Waals surface area contributed by atoms with Crippen LogP contribution in [0.15, 0.2) is 60.8 Å². The van der Waals surface area contributed by atoms with E-state index in [0.29, 0.717) is 19.3 Å². The summed E-state index contributed by atoms with van der Waals surface area (Å²) in [6.07, 6.45) is 84.1. The lowest BCUT2D eigenvalue weighted by molar-refractivity contribution is -0.167. The Labute approximate surface area is 479 Å². The molecule has 0 aromatic carbocycles. The first-order valence-corrected chi connectivity index (χ1v) is 33.8. The van der Waals surface area contributed by atoms with Crippen LogP contribution in [0.4, 0.5) is 0 Å². The molecule has 0 spiro atoms. The van der Waals surface area contributed by atoms with Crippen molar-refractivity contribution in [2.45, 2.75) is 361 Å². The van der Waals surface area contributed by atoms with Crippen LogP contribution < -0.4 is 0 Å². The fraction of sp³-hybridized carbons (Fsp3) is 0.817. The third kappa shape index (κ3) is 63.8. The van der Waals surface area contributed by atoms with Crippen LogP contribution in [0.5, 0.6) is 0 Å². The summed E-state index contributed by atoms with van der Waals surface area (Å²) in [6.45, 7) is 6.50. The Bertz CT molecular complexity index is 1380. The molecule has 0 aliphatic carbocycles. The maximum atomic E-state index is 12.9. The molecule has 0 fully saturated rings. The summed E-state index contributed by atoms with van der Waals surface area (Å²) in [6, 6.07) is 0. The molecule has 0 aromatic rings. The Morgan fingerprint density at radius 3 is 0.857 bits per heavy atom. The Morgan fingerprint density at radius 1 is 0.273 bits per heavy atom. The van der Waals surface area contributed by atoms with Crippen LogP contribution in [-0.2, 0) is 28.6 Å². The van der Waals surface area contributed by atoms with Crippen LogP contribution in [0.3, 0.4) is 0 Å². The number of ether oxygens (including phenoxy) is 3. The molecule has 6 heteroatoms. The number of carbonyl (C=O) groups is 3. The predicted octanol–water partition coefficient (Wildman–Crippen LogP) is 23.1. The Kier molecular flexibility index (Phi) is 63.2. The normalized spacial score (nSPS) is 12.4. The number of carbonyl (C=O) groups excluding carboxylic acids is 3. The summed E-state index contributed by atoms with van der Waals surface area (Å²) in [7, 11) is 0. The molecule has 0 N–H and O–H groups in total. The summed E-state index contributed by atoms with van der Waals surface area (Å²) in [5, 5.41) is 0. The van der Waals surface area contributed by atoms with Gasteiger partial charge in [-0.3, -0.25) is 14.4 Å². The van der Waals surface area contributed by atoms with Crippen molar-refractivity contribution in [3.8, 4) is 0 Å². The molecule has 0 aliphatic rings. The third-order valence-corrected chi connectivity index (χ3v) is 15.0. The topological polar surface area (TPSA) is 78.9 Å². The first kappa shape index (κ1) is 74.1. The van der Waals surface area contributed by atoms with Gasteiger partial charge in [-0.1, -0.05) is 319 Å². The summed E-state index contributed by atoms with van der Waals surface area (Å²) in [4.78, 5) is 38.2. The number of hydrogen-bond acceptors (Lipinski definition) is 6. The molecule has 0 aromatic heterocycles. The number of hydrogen-bond donors (Lipinski definition) is 0. The quantitative estimate of drug-likeness (QED) is 0.0261. The van der Waals surface area contributed by atoms with Gasteiger partial charge in [0, 0.05) is 19.3 Å². The van der Waals surface area contributed by atoms with Crippen LogP contribution in [-0.4, -0.2) is 37.2 Å². The minimum atomic E-state index is -0.784. The molecule has 1 unspecified atom stereocenters. The molecule has 0 rings (SSSR count). The Balaban J connectivity index is 4.12. The molecule has 0 aliphatic heterocycles. The van der Waals surface area contributed by atoms with Gasteiger partial charge < -0.3 is 14.2 Å². The van der Waals surface area contributed by atoms with Crippen molar-refractivity contribution in [1.82, 2.24) is 0 Å². The highest BCUT2D eigenvalue weighted by Gasteiger charge is 2.19. The zero-order valence-corrected chi connectivity index (χ0v) is 51.5. The van der Waals surface area contributed by atoms with Gasteiger partial charge in [-0.2, -0.15) is 0 Å². The van der Waals surface area contributed by atoms with Crippen LogP contribution in [0.25, 0.3) is 0 Å². The van der Waals surface area contributed by atoms with E-state index in [2.05, 4.69) is 81.5 Å². The molecule has 0 heterocycles. The predicted molar refractivity (Wildman–Crippen MR) is 335 cm³/mol. The van der Waals surface area contributed by atoms with E-state index in [4.69, 9.17) is 14.2 Å². The smallest absolute Gasteiger partial charge is 0.306 e. The average Bonchev–Trinajstić information content (AvgIpc) is 3.43. The van der Waals surface area contributed by atoms with Gasteiger partial charge in [-0.25, -0.2) is 0 Å². The maximum absolute atomic E-state index is 12.9.